The Kier molecular flexibility index (Phi) is 5.33. The van der Waals surface area contributed by atoms with Crippen molar-refractivity contribution in [2.24, 2.45) is 0 Å². The molecule has 2 N–H and O–H groups in total. The van der Waals surface area contributed by atoms with Crippen molar-refractivity contribution in [1.82, 2.24) is 34.0 Å². The van der Waals surface area contributed by atoms with Crippen LogP contribution in [-0.2, 0) is 4.74 Å². The van der Waals surface area contributed by atoms with E-state index in [0.29, 0.717) is 44.1 Å². The molecule has 4 aromatic heterocycles. The van der Waals surface area contributed by atoms with E-state index in [1.54, 1.807) is 4.52 Å². The van der Waals surface area contributed by atoms with Crippen molar-refractivity contribution < 1.29 is 9.13 Å². The van der Waals surface area contributed by atoms with Gasteiger partial charge < -0.3 is 19.9 Å². The van der Waals surface area contributed by atoms with Gasteiger partial charge >= 0.3 is 0 Å². The highest BCUT2D eigenvalue weighted by molar-refractivity contribution is 5.89. The minimum atomic E-state index is -0.988. The second-order valence-corrected chi connectivity index (χ2v) is 9.63. The third kappa shape index (κ3) is 3.69. The molecule has 4 aromatic rings. The number of hydrogen-bond donors (Lipinski definition) is 2. The van der Waals surface area contributed by atoms with E-state index in [-0.39, 0.29) is 12.1 Å². The lowest BCUT2D eigenvalue weighted by Gasteiger charge is -2.34. The van der Waals surface area contributed by atoms with Crippen LogP contribution in [0.4, 0.5) is 16.2 Å². The highest BCUT2D eigenvalue weighted by atomic mass is 19.1. The van der Waals surface area contributed by atoms with E-state index in [4.69, 9.17) is 9.72 Å². The van der Waals surface area contributed by atoms with Gasteiger partial charge in [-0.15, -0.1) is 5.10 Å². The van der Waals surface area contributed by atoms with E-state index >= 15 is 0 Å². The number of nitrogens with zero attached hydrogens (tertiary/aromatic N) is 7. The molecule has 6 heterocycles. The Morgan fingerprint density at radius 1 is 1.11 bits per heavy atom. The zero-order valence-electron chi connectivity index (χ0n) is 20.4. The van der Waals surface area contributed by atoms with Gasteiger partial charge in [0.2, 0.25) is 5.95 Å². The third-order valence-electron chi connectivity index (χ3n) is 6.98. The lowest BCUT2D eigenvalue weighted by Crippen LogP contribution is -2.48. The molecule has 0 amide bonds. The quantitative estimate of drug-likeness (QED) is 0.436. The summed E-state index contributed by atoms with van der Waals surface area (Å²) in [6.07, 6.45) is 0.896. The summed E-state index contributed by atoms with van der Waals surface area (Å²) in [5.41, 5.74) is 4.28. The minimum Gasteiger partial charge on any atom is -0.378 e. The molecule has 184 valence electrons. The molecule has 35 heavy (non-hydrogen) atoms. The Hall–Kier alpha value is -3.31. The third-order valence-corrected chi connectivity index (χ3v) is 6.98. The van der Waals surface area contributed by atoms with Crippen LogP contribution in [0, 0.1) is 6.92 Å². The molecule has 2 fully saturated rings. The summed E-state index contributed by atoms with van der Waals surface area (Å²) in [4.78, 5) is 16.4. The molecular formula is C24H30FN9O. The van der Waals surface area contributed by atoms with Gasteiger partial charge in [-0.25, -0.2) is 18.9 Å². The topological polar surface area (TPSA) is 97.4 Å². The Bertz CT molecular complexity index is 1390. The van der Waals surface area contributed by atoms with Gasteiger partial charge in [0.05, 0.1) is 31.0 Å². The standard InChI is InChI=1S/C24H30FN9O/c1-13(2)34-14(3)27-19-6-5-18(28-23(19)34)16-7-8-33-21(16)22(26-4)30-24(31-33)29-20-10-32(9-17(20)25)15-11-35-12-15/h5-8,13,15,17,20H,9-12H2,1-4H3,(H2,26,29,30,31)/t17-,20+/m1/s1. The number of nitrogens with one attached hydrogen (secondary N) is 2. The fraction of sp³-hybridized carbons (Fsp3) is 0.500. The summed E-state index contributed by atoms with van der Waals surface area (Å²) < 4.78 is 23.9. The zero-order valence-corrected chi connectivity index (χ0v) is 20.4. The lowest BCUT2D eigenvalue weighted by atomic mass is 10.2. The fourth-order valence-electron chi connectivity index (χ4n) is 5.15. The maximum Gasteiger partial charge on any atom is 0.243 e. The Morgan fingerprint density at radius 2 is 1.94 bits per heavy atom. The number of aromatic nitrogens is 6. The second kappa shape index (κ2) is 8.42. The molecule has 0 aromatic carbocycles. The van der Waals surface area contributed by atoms with Crippen LogP contribution in [0.15, 0.2) is 24.4 Å². The SMILES string of the molecule is CNc1nc(N[C@H]2CN(C3COC3)C[C@H]2F)nn2ccc(-c3ccc4nc(C)n(C(C)C)c4n3)c12. The number of aryl methyl sites for hydroxylation is 1. The fourth-order valence-corrected chi connectivity index (χ4v) is 5.15. The maximum atomic E-state index is 14.7. The van der Waals surface area contributed by atoms with Crippen LogP contribution in [0.1, 0.15) is 25.7 Å². The van der Waals surface area contributed by atoms with E-state index in [9.17, 15) is 4.39 Å². The van der Waals surface area contributed by atoms with Crippen molar-refractivity contribution in [3.8, 4) is 11.3 Å². The van der Waals surface area contributed by atoms with Gasteiger partial charge in [-0.2, -0.15) is 4.98 Å². The number of rotatable bonds is 6. The molecule has 10 nitrogen and oxygen atoms in total. The van der Waals surface area contributed by atoms with Crippen molar-refractivity contribution in [3.63, 3.8) is 0 Å². The largest absolute Gasteiger partial charge is 0.378 e. The summed E-state index contributed by atoms with van der Waals surface area (Å²) in [6, 6.07) is 6.16. The van der Waals surface area contributed by atoms with Crippen LogP contribution < -0.4 is 10.6 Å². The van der Waals surface area contributed by atoms with E-state index < -0.39 is 6.17 Å². The molecule has 11 heteroatoms. The minimum absolute atomic E-state index is 0.251. The van der Waals surface area contributed by atoms with Crippen LogP contribution in [0.3, 0.4) is 0 Å². The first-order valence-electron chi connectivity index (χ1n) is 12.1. The first kappa shape index (κ1) is 22.2. The average molecular weight is 480 g/mol. The molecule has 2 saturated heterocycles. The summed E-state index contributed by atoms with van der Waals surface area (Å²) in [6.45, 7) is 8.62. The van der Waals surface area contributed by atoms with Crippen LogP contribution in [0.2, 0.25) is 0 Å². The normalized spacial score (nSPS) is 21.3. The van der Waals surface area contributed by atoms with Gasteiger partial charge in [0.15, 0.2) is 11.5 Å². The van der Waals surface area contributed by atoms with Gasteiger partial charge in [-0.1, -0.05) is 0 Å². The maximum absolute atomic E-state index is 14.7. The van der Waals surface area contributed by atoms with Crippen molar-refractivity contribution in [2.45, 2.75) is 45.1 Å². The summed E-state index contributed by atoms with van der Waals surface area (Å²) in [5, 5.41) is 11.0. The van der Waals surface area contributed by atoms with Crippen molar-refractivity contribution in [2.75, 3.05) is 44.0 Å². The number of alkyl halides is 1. The highest BCUT2D eigenvalue weighted by Crippen LogP contribution is 2.31. The van der Waals surface area contributed by atoms with Crippen molar-refractivity contribution >= 4 is 28.4 Å². The molecule has 2 aliphatic rings. The molecule has 0 unspecified atom stereocenters. The number of fused-ring (bicyclic) bond motifs is 2. The Balaban J connectivity index is 1.34. The van der Waals surface area contributed by atoms with Gasteiger partial charge in [-0.05, 0) is 39.0 Å². The van der Waals surface area contributed by atoms with Crippen molar-refractivity contribution in [3.05, 3.63) is 30.2 Å². The van der Waals surface area contributed by atoms with E-state index in [1.165, 1.54) is 0 Å². The predicted octanol–water partition coefficient (Wildman–Crippen LogP) is 2.91. The highest BCUT2D eigenvalue weighted by Gasteiger charge is 2.39. The van der Waals surface area contributed by atoms with Gasteiger partial charge in [0, 0.05) is 37.9 Å². The zero-order chi connectivity index (χ0) is 24.3. The van der Waals surface area contributed by atoms with Crippen LogP contribution in [0.25, 0.3) is 27.9 Å². The monoisotopic (exact) mass is 479 g/mol. The summed E-state index contributed by atoms with van der Waals surface area (Å²) in [5.74, 6) is 1.98. The molecule has 2 atom stereocenters. The van der Waals surface area contributed by atoms with Crippen molar-refractivity contribution in [1.29, 1.82) is 0 Å². The second-order valence-electron chi connectivity index (χ2n) is 9.63. The van der Waals surface area contributed by atoms with Gasteiger partial charge in [0.25, 0.3) is 0 Å². The Morgan fingerprint density at radius 3 is 2.66 bits per heavy atom. The van der Waals surface area contributed by atoms with E-state index in [2.05, 4.69) is 49.0 Å². The molecule has 6 rings (SSSR count). The van der Waals surface area contributed by atoms with Gasteiger partial charge in [-0.3, -0.25) is 4.90 Å². The molecule has 0 saturated carbocycles. The number of ether oxygens (including phenoxy) is 1. The lowest BCUT2D eigenvalue weighted by molar-refractivity contribution is -0.0585. The Labute approximate surface area is 202 Å². The summed E-state index contributed by atoms with van der Waals surface area (Å²) >= 11 is 0. The van der Waals surface area contributed by atoms with Gasteiger partial charge in [0.1, 0.15) is 23.0 Å². The summed E-state index contributed by atoms with van der Waals surface area (Å²) in [7, 11) is 1.82. The molecule has 0 bridgehead atoms. The number of hydrogen-bond acceptors (Lipinski definition) is 8. The number of anilines is 2. The van der Waals surface area contributed by atoms with Crippen LogP contribution in [0.5, 0.6) is 0 Å². The van der Waals surface area contributed by atoms with Crippen LogP contribution in [-0.4, -0.2) is 85.6 Å². The molecule has 0 aliphatic carbocycles. The molecule has 0 radical (unpaired) electrons. The average Bonchev–Trinajstić information content (AvgIpc) is 3.46. The first-order chi connectivity index (χ1) is 16.9. The molecule has 2 aliphatic heterocycles. The van der Waals surface area contributed by atoms with Crippen LogP contribution >= 0.6 is 0 Å². The van der Waals surface area contributed by atoms with E-state index in [0.717, 1.165) is 33.8 Å². The molecular weight excluding hydrogens is 449 g/mol. The number of imidazole rings is 1. The predicted molar refractivity (Wildman–Crippen MR) is 133 cm³/mol. The first-order valence-corrected chi connectivity index (χ1v) is 12.1. The smallest absolute Gasteiger partial charge is 0.243 e. The number of halogens is 1. The molecule has 0 spiro atoms. The van der Waals surface area contributed by atoms with E-state index in [1.807, 2.05) is 38.4 Å². The number of likely N-dealkylation sites (tertiary alicyclic amines) is 1. The number of pyridine rings is 1.